The molecule has 5 nitrogen and oxygen atoms in total. The molecule has 0 aliphatic carbocycles. The fraction of sp³-hybridized carbons (Fsp3) is 0.818. The Kier molecular flexibility index (Phi) is 3.14. The Balaban J connectivity index is 2.09. The van der Waals surface area contributed by atoms with E-state index >= 15 is 0 Å². The maximum Gasteiger partial charge on any atom is 0.327 e. The summed E-state index contributed by atoms with van der Waals surface area (Å²) in [4.78, 5) is 26.7. The Morgan fingerprint density at radius 1 is 1.44 bits per heavy atom. The number of urea groups is 1. The highest BCUT2D eigenvalue weighted by Gasteiger charge is 2.45. The van der Waals surface area contributed by atoms with Crippen LogP contribution in [0.2, 0.25) is 0 Å². The summed E-state index contributed by atoms with van der Waals surface area (Å²) in [6.07, 6.45) is 2.70. The van der Waals surface area contributed by atoms with Crippen molar-refractivity contribution in [1.82, 2.24) is 9.80 Å². The van der Waals surface area contributed by atoms with Gasteiger partial charge >= 0.3 is 6.03 Å². The third kappa shape index (κ3) is 1.80. The molecule has 2 aliphatic heterocycles. The van der Waals surface area contributed by atoms with Gasteiger partial charge in [-0.1, -0.05) is 6.92 Å². The molecule has 0 bridgehead atoms. The number of aliphatic hydroxyl groups is 1. The topological polar surface area (TPSA) is 60.9 Å². The molecule has 0 spiro atoms. The third-order valence-corrected chi connectivity index (χ3v) is 3.40. The predicted octanol–water partition coefficient (Wildman–Crippen LogP) is 0.574. The number of hydrogen-bond acceptors (Lipinski definition) is 3. The van der Waals surface area contributed by atoms with Gasteiger partial charge in [-0.05, 0) is 25.7 Å². The minimum atomic E-state index is -0.603. The van der Waals surface area contributed by atoms with Crippen LogP contribution in [0.5, 0.6) is 0 Å². The van der Waals surface area contributed by atoms with E-state index in [2.05, 4.69) is 0 Å². The first-order chi connectivity index (χ1) is 7.65. The number of β-amino-alcohol motifs (C(OH)–C–C–N with tert-alkyl or cyclic N) is 1. The van der Waals surface area contributed by atoms with Crippen molar-refractivity contribution in [3.8, 4) is 0 Å². The second-order valence-corrected chi connectivity index (χ2v) is 4.50. The van der Waals surface area contributed by atoms with Crippen molar-refractivity contribution in [3.05, 3.63) is 0 Å². The second kappa shape index (κ2) is 4.41. The van der Waals surface area contributed by atoms with Crippen molar-refractivity contribution in [2.24, 2.45) is 0 Å². The number of rotatable bonds is 3. The zero-order chi connectivity index (χ0) is 11.7. The Bertz CT molecular complexity index is 282. The average Bonchev–Trinajstić information content (AvgIpc) is 2.55. The van der Waals surface area contributed by atoms with Crippen LogP contribution in [-0.2, 0) is 4.79 Å². The molecule has 5 heteroatoms. The van der Waals surface area contributed by atoms with Gasteiger partial charge in [0.15, 0.2) is 0 Å². The molecule has 0 aromatic carbocycles. The Morgan fingerprint density at radius 3 is 2.81 bits per heavy atom. The van der Waals surface area contributed by atoms with Crippen LogP contribution in [0.3, 0.4) is 0 Å². The Labute approximate surface area is 95.0 Å². The minimum Gasteiger partial charge on any atom is -0.391 e. The molecule has 2 atom stereocenters. The zero-order valence-electron chi connectivity index (χ0n) is 9.56. The van der Waals surface area contributed by atoms with Crippen molar-refractivity contribution < 1.29 is 14.7 Å². The SMILES string of the molecule is CC[C@@H](O)CN1C(=O)[C@H]2CCCCN2C1=O. The van der Waals surface area contributed by atoms with E-state index in [1.165, 1.54) is 4.90 Å². The lowest BCUT2D eigenvalue weighted by atomic mass is 10.0. The van der Waals surface area contributed by atoms with Crippen LogP contribution in [-0.4, -0.2) is 52.1 Å². The lowest BCUT2D eigenvalue weighted by Gasteiger charge is -2.26. The van der Waals surface area contributed by atoms with Gasteiger partial charge in [-0.15, -0.1) is 0 Å². The fourth-order valence-electron chi connectivity index (χ4n) is 2.35. The highest BCUT2D eigenvalue weighted by molar-refractivity contribution is 6.04. The lowest BCUT2D eigenvalue weighted by Crippen LogP contribution is -2.39. The monoisotopic (exact) mass is 226 g/mol. The van der Waals surface area contributed by atoms with Crippen LogP contribution >= 0.6 is 0 Å². The third-order valence-electron chi connectivity index (χ3n) is 3.40. The van der Waals surface area contributed by atoms with Gasteiger partial charge in [-0.2, -0.15) is 0 Å². The van der Waals surface area contributed by atoms with Gasteiger partial charge in [0.1, 0.15) is 6.04 Å². The standard InChI is InChI=1S/C11H18N2O3/c1-2-8(14)7-13-10(15)9-5-3-4-6-12(9)11(13)16/h8-9,14H,2-7H2,1H3/t8-,9-/m1/s1. The molecule has 2 aliphatic rings. The molecule has 16 heavy (non-hydrogen) atoms. The first kappa shape index (κ1) is 11.4. The summed E-state index contributed by atoms with van der Waals surface area (Å²) in [6, 6.07) is -0.479. The van der Waals surface area contributed by atoms with Crippen LogP contribution in [0.15, 0.2) is 0 Å². The first-order valence-corrected chi connectivity index (χ1v) is 5.95. The summed E-state index contributed by atoms with van der Waals surface area (Å²) >= 11 is 0. The molecule has 2 fully saturated rings. The van der Waals surface area contributed by atoms with Crippen molar-refractivity contribution in [2.75, 3.05) is 13.1 Å². The van der Waals surface area contributed by atoms with E-state index in [-0.39, 0.29) is 24.5 Å². The number of carbonyl (C=O) groups is 2. The number of hydrogen-bond donors (Lipinski definition) is 1. The van der Waals surface area contributed by atoms with E-state index in [0.717, 1.165) is 19.3 Å². The quantitative estimate of drug-likeness (QED) is 0.716. The van der Waals surface area contributed by atoms with Crippen molar-refractivity contribution >= 4 is 11.9 Å². The number of imide groups is 1. The van der Waals surface area contributed by atoms with Crippen LogP contribution in [0.1, 0.15) is 32.6 Å². The van der Waals surface area contributed by atoms with Crippen molar-refractivity contribution in [3.63, 3.8) is 0 Å². The zero-order valence-corrected chi connectivity index (χ0v) is 9.56. The fourth-order valence-corrected chi connectivity index (χ4v) is 2.35. The molecular weight excluding hydrogens is 208 g/mol. The average molecular weight is 226 g/mol. The number of piperidine rings is 1. The van der Waals surface area contributed by atoms with Gasteiger partial charge in [0.25, 0.3) is 5.91 Å². The summed E-state index contributed by atoms with van der Waals surface area (Å²) in [5.74, 6) is -0.128. The van der Waals surface area contributed by atoms with E-state index in [1.54, 1.807) is 4.90 Å². The maximum atomic E-state index is 12.0. The van der Waals surface area contributed by atoms with Crippen LogP contribution in [0.25, 0.3) is 0 Å². The molecule has 0 aromatic heterocycles. The van der Waals surface area contributed by atoms with E-state index in [4.69, 9.17) is 0 Å². The Morgan fingerprint density at radius 2 is 2.19 bits per heavy atom. The van der Waals surface area contributed by atoms with E-state index in [9.17, 15) is 14.7 Å². The Hall–Kier alpha value is -1.10. The maximum absolute atomic E-state index is 12.0. The predicted molar refractivity (Wildman–Crippen MR) is 57.8 cm³/mol. The van der Waals surface area contributed by atoms with Gasteiger partial charge in [0, 0.05) is 6.54 Å². The molecule has 2 heterocycles. The van der Waals surface area contributed by atoms with Gasteiger partial charge in [-0.25, -0.2) is 4.79 Å². The van der Waals surface area contributed by atoms with Crippen LogP contribution in [0.4, 0.5) is 4.79 Å². The summed E-state index contributed by atoms with van der Waals surface area (Å²) in [6.45, 7) is 2.65. The number of nitrogens with zero attached hydrogens (tertiary/aromatic N) is 2. The number of amides is 3. The van der Waals surface area contributed by atoms with Crippen molar-refractivity contribution in [1.29, 1.82) is 0 Å². The molecule has 2 saturated heterocycles. The van der Waals surface area contributed by atoms with Gasteiger partial charge in [0.2, 0.25) is 0 Å². The molecule has 0 unspecified atom stereocenters. The second-order valence-electron chi connectivity index (χ2n) is 4.50. The molecule has 0 radical (unpaired) electrons. The lowest BCUT2D eigenvalue weighted by molar-refractivity contribution is -0.129. The van der Waals surface area contributed by atoms with Crippen LogP contribution in [0, 0.1) is 0 Å². The number of carbonyl (C=O) groups excluding carboxylic acids is 2. The van der Waals surface area contributed by atoms with Crippen molar-refractivity contribution in [2.45, 2.75) is 44.8 Å². The van der Waals surface area contributed by atoms with E-state index < -0.39 is 6.10 Å². The number of aliphatic hydroxyl groups excluding tert-OH is 1. The van der Waals surface area contributed by atoms with E-state index in [0.29, 0.717) is 13.0 Å². The molecule has 3 amide bonds. The molecule has 90 valence electrons. The summed E-state index contributed by atoms with van der Waals surface area (Å²) in [7, 11) is 0. The smallest absolute Gasteiger partial charge is 0.327 e. The minimum absolute atomic E-state index is 0.128. The molecular formula is C11H18N2O3. The first-order valence-electron chi connectivity index (χ1n) is 5.95. The number of fused-ring (bicyclic) bond motifs is 1. The molecule has 2 rings (SSSR count). The summed E-state index contributed by atoms with van der Waals surface area (Å²) < 4.78 is 0. The molecule has 0 aromatic rings. The molecule has 0 saturated carbocycles. The summed E-state index contributed by atoms with van der Waals surface area (Å²) in [5, 5.41) is 9.52. The van der Waals surface area contributed by atoms with Crippen LogP contribution < -0.4 is 0 Å². The largest absolute Gasteiger partial charge is 0.391 e. The van der Waals surface area contributed by atoms with Gasteiger partial charge in [-0.3, -0.25) is 9.69 Å². The summed E-state index contributed by atoms with van der Waals surface area (Å²) in [5.41, 5.74) is 0. The van der Waals surface area contributed by atoms with Gasteiger partial charge < -0.3 is 10.0 Å². The molecule has 1 N–H and O–H groups in total. The van der Waals surface area contributed by atoms with Gasteiger partial charge in [0.05, 0.1) is 12.6 Å². The highest BCUT2D eigenvalue weighted by Crippen LogP contribution is 2.26. The normalized spacial score (nSPS) is 27.2. The highest BCUT2D eigenvalue weighted by atomic mass is 16.3. The van der Waals surface area contributed by atoms with E-state index in [1.807, 2.05) is 6.92 Å².